The molecule has 0 aliphatic carbocycles. The smallest absolute Gasteiger partial charge is 0.256 e. The minimum atomic E-state index is -0.924. The van der Waals surface area contributed by atoms with Crippen molar-refractivity contribution in [1.82, 2.24) is 14.5 Å². The predicted octanol–water partition coefficient (Wildman–Crippen LogP) is 3.97. The average molecular weight is 440 g/mol. The van der Waals surface area contributed by atoms with E-state index >= 15 is 0 Å². The SMILES string of the molecule is Cc1cc(F)ccc1-c1nc(NCCCO)nc2c1ccc(=O)n2-c1c(F)cccc1F. The van der Waals surface area contributed by atoms with Gasteiger partial charge in [-0.05, 0) is 55.3 Å². The number of hydrogen-bond acceptors (Lipinski definition) is 5. The number of halogens is 3. The van der Waals surface area contributed by atoms with Crippen LogP contribution in [0.5, 0.6) is 0 Å². The van der Waals surface area contributed by atoms with Gasteiger partial charge in [0.25, 0.3) is 5.56 Å². The number of anilines is 1. The molecule has 0 spiro atoms. The Morgan fingerprint density at radius 2 is 1.78 bits per heavy atom. The quantitative estimate of drug-likeness (QED) is 0.444. The van der Waals surface area contributed by atoms with Crippen molar-refractivity contribution in [3.63, 3.8) is 0 Å². The van der Waals surface area contributed by atoms with Gasteiger partial charge in [0, 0.05) is 30.2 Å². The van der Waals surface area contributed by atoms with E-state index in [1.165, 1.54) is 30.3 Å². The fourth-order valence-electron chi connectivity index (χ4n) is 3.49. The standard InChI is InChI=1S/C23H19F3N4O2/c1-13-12-14(24)6-7-15(13)20-16-8-9-19(32)30(21-17(25)4-2-5-18(21)26)22(16)29-23(28-20)27-10-3-11-31/h2,4-9,12,31H,3,10-11H2,1H3,(H,27,28,29). The molecule has 0 bridgehead atoms. The lowest BCUT2D eigenvalue weighted by atomic mass is 10.0. The first-order chi connectivity index (χ1) is 15.4. The summed E-state index contributed by atoms with van der Waals surface area (Å²) in [5.74, 6) is -2.17. The summed E-state index contributed by atoms with van der Waals surface area (Å²) in [4.78, 5) is 21.6. The summed E-state index contributed by atoms with van der Waals surface area (Å²) >= 11 is 0. The highest BCUT2D eigenvalue weighted by molar-refractivity contribution is 5.93. The number of fused-ring (bicyclic) bond motifs is 1. The van der Waals surface area contributed by atoms with E-state index in [2.05, 4.69) is 15.3 Å². The predicted molar refractivity (Wildman–Crippen MR) is 115 cm³/mol. The van der Waals surface area contributed by atoms with Crippen LogP contribution in [0.3, 0.4) is 0 Å². The van der Waals surface area contributed by atoms with E-state index in [9.17, 15) is 18.0 Å². The molecule has 0 aliphatic heterocycles. The third-order valence-corrected chi connectivity index (χ3v) is 4.97. The maximum Gasteiger partial charge on any atom is 0.256 e. The van der Waals surface area contributed by atoms with Crippen LogP contribution in [-0.4, -0.2) is 32.8 Å². The molecule has 0 radical (unpaired) electrons. The van der Waals surface area contributed by atoms with Gasteiger partial charge in [-0.1, -0.05) is 6.07 Å². The lowest BCUT2D eigenvalue weighted by Crippen LogP contribution is -2.21. The summed E-state index contributed by atoms with van der Waals surface area (Å²) in [6.07, 6.45) is 0.413. The highest BCUT2D eigenvalue weighted by Gasteiger charge is 2.20. The molecular formula is C23H19F3N4O2. The monoisotopic (exact) mass is 440 g/mol. The van der Waals surface area contributed by atoms with Crippen molar-refractivity contribution in [3.8, 4) is 16.9 Å². The summed E-state index contributed by atoms with van der Waals surface area (Å²) < 4.78 is 43.7. The summed E-state index contributed by atoms with van der Waals surface area (Å²) in [7, 11) is 0. The summed E-state index contributed by atoms with van der Waals surface area (Å²) in [6, 6.07) is 10.1. The van der Waals surface area contributed by atoms with E-state index in [-0.39, 0.29) is 18.2 Å². The van der Waals surface area contributed by atoms with Crippen LogP contribution in [0.25, 0.3) is 28.0 Å². The van der Waals surface area contributed by atoms with Crippen LogP contribution < -0.4 is 10.9 Å². The first-order valence-corrected chi connectivity index (χ1v) is 9.90. The number of aliphatic hydroxyl groups is 1. The molecule has 4 rings (SSSR count). The molecule has 6 nitrogen and oxygen atoms in total. The van der Waals surface area contributed by atoms with Gasteiger partial charge in [-0.3, -0.25) is 9.36 Å². The molecule has 0 aliphatic rings. The van der Waals surface area contributed by atoms with Crippen molar-refractivity contribution < 1.29 is 18.3 Å². The summed E-state index contributed by atoms with van der Waals surface area (Å²) in [6.45, 7) is 1.97. The molecule has 0 atom stereocenters. The second kappa shape index (κ2) is 8.80. The Labute approximate surface area is 181 Å². The fourth-order valence-corrected chi connectivity index (χ4v) is 3.49. The van der Waals surface area contributed by atoms with Gasteiger partial charge in [0.1, 0.15) is 23.1 Å². The number of aryl methyl sites for hydroxylation is 1. The minimum Gasteiger partial charge on any atom is -0.396 e. The third-order valence-electron chi connectivity index (χ3n) is 4.97. The maximum absolute atomic E-state index is 14.6. The molecule has 4 aromatic rings. The first kappa shape index (κ1) is 21.5. The topological polar surface area (TPSA) is 80.0 Å². The number of aromatic nitrogens is 3. The van der Waals surface area contributed by atoms with Gasteiger partial charge in [-0.15, -0.1) is 0 Å². The second-order valence-electron chi connectivity index (χ2n) is 7.17. The highest BCUT2D eigenvalue weighted by atomic mass is 19.1. The van der Waals surface area contributed by atoms with Crippen LogP contribution in [0, 0.1) is 24.4 Å². The Morgan fingerprint density at radius 1 is 1.03 bits per heavy atom. The van der Waals surface area contributed by atoms with Crippen LogP contribution in [0.4, 0.5) is 19.1 Å². The fraction of sp³-hybridized carbons (Fsp3) is 0.174. The molecule has 2 N–H and O–H groups in total. The van der Waals surface area contributed by atoms with Crippen LogP contribution in [0.1, 0.15) is 12.0 Å². The van der Waals surface area contributed by atoms with Crippen molar-refractivity contribution in [2.75, 3.05) is 18.5 Å². The summed E-state index contributed by atoms with van der Waals surface area (Å²) in [5, 5.41) is 12.4. The molecule has 2 aromatic heterocycles. The zero-order valence-electron chi connectivity index (χ0n) is 17.1. The lowest BCUT2D eigenvalue weighted by Gasteiger charge is -2.16. The van der Waals surface area contributed by atoms with E-state index in [1.54, 1.807) is 13.0 Å². The van der Waals surface area contributed by atoms with E-state index in [0.717, 1.165) is 16.7 Å². The summed E-state index contributed by atoms with van der Waals surface area (Å²) in [5.41, 5.74) is 0.281. The van der Waals surface area contributed by atoms with Gasteiger partial charge in [-0.2, -0.15) is 4.98 Å². The number of hydrogen-bond donors (Lipinski definition) is 2. The Kier molecular flexibility index (Phi) is 5.91. The Morgan fingerprint density at radius 3 is 2.47 bits per heavy atom. The molecule has 0 fully saturated rings. The molecular weight excluding hydrogens is 421 g/mol. The van der Waals surface area contributed by atoms with Gasteiger partial charge >= 0.3 is 0 Å². The average Bonchev–Trinajstić information content (AvgIpc) is 2.75. The molecule has 9 heteroatoms. The van der Waals surface area contributed by atoms with Crippen molar-refractivity contribution in [1.29, 1.82) is 0 Å². The van der Waals surface area contributed by atoms with Crippen LogP contribution in [-0.2, 0) is 0 Å². The highest BCUT2D eigenvalue weighted by Crippen LogP contribution is 2.31. The Balaban J connectivity index is 2.07. The maximum atomic E-state index is 14.6. The molecule has 2 heterocycles. The number of para-hydroxylation sites is 1. The largest absolute Gasteiger partial charge is 0.396 e. The van der Waals surface area contributed by atoms with Gasteiger partial charge < -0.3 is 10.4 Å². The number of nitrogens with zero attached hydrogens (tertiary/aromatic N) is 3. The number of rotatable bonds is 6. The molecule has 0 saturated carbocycles. The van der Waals surface area contributed by atoms with Crippen LogP contribution in [0.15, 0.2) is 53.3 Å². The zero-order valence-corrected chi connectivity index (χ0v) is 17.1. The molecule has 0 saturated heterocycles. The van der Waals surface area contributed by atoms with E-state index in [0.29, 0.717) is 35.2 Å². The van der Waals surface area contributed by atoms with E-state index in [4.69, 9.17) is 5.11 Å². The van der Waals surface area contributed by atoms with Gasteiger partial charge in [0.2, 0.25) is 5.95 Å². The van der Waals surface area contributed by atoms with Gasteiger partial charge in [-0.25, -0.2) is 18.2 Å². The normalized spacial score (nSPS) is 11.2. The molecule has 164 valence electrons. The molecule has 0 amide bonds. The van der Waals surface area contributed by atoms with Gasteiger partial charge in [0.05, 0.1) is 5.69 Å². The zero-order chi connectivity index (χ0) is 22.8. The molecule has 0 unspecified atom stereocenters. The van der Waals surface area contributed by atoms with Crippen molar-refractivity contribution in [2.24, 2.45) is 0 Å². The second-order valence-corrected chi connectivity index (χ2v) is 7.17. The van der Waals surface area contributed by atoms with E-state index < -0.39 is 28.7 Å². The van der Waals surface area contributed by atoms with Crippen molar-refractivity contribution >= 4 is 17.0 Å². The van der Waals surface area contributed by atoms with Crippen LogP contribution in [0.2, 0.25) is 0 Å². The van der Waals surface area contributed by atoms with Crippen molar-refractivity contribution in [2.45, 2.75) is 13.3 Å². The number of benzene rings is 2. The minimum absolute atomic E-state index is 0.0123. The van der Waals surface area contributed by atoms with Crippen molar-refractivity contribution in [3.05, 3.63) is 81.9 Å². The number of aliphatic hydroxyl groups excluding tert-OH is 1. The number of pyridine rings is 1. The third kappa shape index (κ3) is 3.94. The van der Waals surface area contributed by atoms with Crippen LogP contribution >= 0.6 is 0 Å². The molecule has 2 aromatic carbocycles. The Bertz CT molecular complexity index is 1350. The lowest BCUT2D eigenvalue weighted by molar-refractivity contribution is 0.292. The first-order valence-electron chi connectivity index (χ1n) is 9.90. The number of nitrogens with one attached hydrogen (secondary N) is 1. The van der Waals surface area contributed by atoms with Gasteiger partial charge in [0.15, 0.2) is 5.65 Å². The van der Waals surface area contributed by atoms with E-state index in [1.807, 2.05) is 0 Å². The molecule has 32 heavy (non-hydrogen) atoms. The Hall–Kier alpha value is -3.72.